The van der Waals surface area contributed by atoms with E-state index in [2.05, 4.69) is 10.2 Å². The Bertz CT molecular complexity index is 453. The van der Waals surface area contributed by atoms with Gasteiger partial charge in [-0.1, -0.05) is 6.07 Å². The van der Waals surface area contributed by atoms with Crippen molar-refractivity contribution in [1.29, 1.82) is 0 Å². The van der Waals surface area contributed by atoms with E-state index < -0.39 is 23.1 Å². The first-order chi connectivity index (χ1) is 9.61. The van der Waals surface area contributed by atoms with Gasteiger partial charge in [0.1, 0.15) is 17.2 Å². The molecule has 1 aromatic rings. The Hall–Kier alpha value is -1.53. The molecule has 2 rings (SSSR count). The summed E-state index contributed by atoms with van der Waals surface area (Å²) in [5.41, 5.74) is 4.99. The summed E-state index contributed by atoms with van der Waals surface area (Å²) < 4.78 is 27.0. The summed E-state index contributed by atoms with van der Waals surface area (Å²) in [5.74, 6) is -2.34. The third-order valence-corrected chi connectivity index (χ3v) is 3.56. The van der Waals surface area contributed by atoms with E-state index in [1.807, 2.05) is 0 Å². The molecular weight excluding hydrogens is 264 g/mol. The Morgan fingerprint density at radius 3 is 2.45 bits per heavy atom. The Morgan fingerprint density at radius 1 is 1.30 bits per heavy atom. The zero-order chi connectivity index (χ0) is 14.5. The quantitative estimate of drug-likeness (QED) is 0.870. The molecule has 0 aromatic heterocycles. The molecule has 1 aliphatic rings. The molecule has 110 valence electrons. The summed E-state index contributed by atoms with van der Waals surface area (Å²) in [4.78, 5) is 14.2. The number of rotatable bonds is 4. The third kappa shape index (κ3) is 3.52. The molecule has 0 saturated carbocycles. The topological polar surface area (TPSA) is 58.4 Å². The Morgan fingerprint density at radius 2 is 1.90 bits per heavy atom. The van der Waals surface area contributed by atoms with Gasteiger partial charge in [-0.15, -0.1) is 0 Å². The van der Waals surface area contributed by atoms with Crippen molar-refractivity contribution in [2.24, 2.45) is 5.73 Å². The van der Waals surface area contributed by atoms with E-state index >= 15 is 0 Å². The first-order valence-corrected chi connectivity index (χ1v) is 6.79. The van der Waals surface area contributed by atoms with Crippen LogP contribution in [-0.4, -0.2) is 43.0 Å². The molecule has 0 atom stereocenters. The largest absolute Gasteiger partial charge is 0.349 e. The molecule has 1 amide bonds. The molecule has 0 radical (unpaired) electrons. The van der Waals surface area contributed by atoms with Gasteiger partial charge in [0.15, 0.2) is 0 Å². The fourth-order valence-electron chi connectivity index (χ4n) is 2.46. The second-order valence-corrected chi connectivity index (χ2v) is 4.97. The Labute approximate surface area is 116 Å². The molecule has 1 saturated heterocycles. The van der Waals surface area contributed by atoms with Gasteiger partial charge in [-0.2, -0.15) is 0 Å². The van der Waals surface area contributed by atoms with E-state index in [0.717, 1.165) is 44.6 Å². The monoisotopic (exact) mass is 283 g/mol. The van der Waals surface area contributed by atoms with E-state index in [1.54, 1.807) is 0 Å². The van der Waals surface area contributed by atoms with E-state index in [4.69, 9.17) is 5.73 Å². The van der Waals surface area contributed by atoms with Crippen molar-refractivity contribution in [3.63, 3.8) is 0 Å². The van der Waals surface area contributed by atoms with Crippen LogP contribution in [0.5, 0.6) is 0 Å². The van der Waals surface area contributed by atoms with Gasteiger partial charge < -0.3 is 16.0 Å². The normalized spacial score (nSPS) is 17.1. The van der Waals surface area contributed by atoms with E-state index in [0.29, 0.717) is 6.54 Å². The van der Waals surface area contributed by atoms with Crippen LogP contribution in [0.3, 0.4) is 0 Å². The molecule has 1 aromatic carbocycles. The number of nitrogens with one attached hydrogen (secondary N) is 1. The molecule has 1 heterocycles. The van der Waals surface area contributed by atoms with Gasteiger partial charge in [0.2, 0.25) is 0 Å². The minimum absolute atomic E-state index is 0.0458. The molecule has 1 fully saturated rings. The summed E-state index contributed by atoms with van der Waals surface area (Å²) in [6.07, 6.45) is 1.53. The van der Waals surface area contributed by atoms with Crippen LogP contribution in [0.2, 0.25) is 0 Å². The summed E-state index contributed by atoms with van der Waals surface area (Å²) in [6.45, 7) is 3.11. The first-order valence-electron chi connectivity index (χ1n) is 6.79. The summed E-state index contributed by atoms with van der Waals surface area (Å²) in [7, 11) is 0. The van der Waals surface area contributed by atoms with Crippen LogP contribution >= 0.6 is 0 Å². The zero-order valence-electron chi connectivity index (χ0n) is 11.2. The Balaban J connectivity index is 1.93. The van der Waals surface area contributed by atoms with E-state index in [1.165, 1.54) is 6.07 Å². The van der Waals surface area contributed by atoms with Crippen LogP contribution < -0.4 is 11.1 Å². The van der Waals surface area contributed by atoms with E-state index in [9.17, 15) is 13.6 Å². The average Bonchev–Trinajstić information content (AvgIpc) is 2.41. The van der Waals surface area contributed by atoms with Crippen molar-refractivity contribution in [3.05, 3.63) is 35.4 Å². The second-order valence-electron chi connectivity index (χ2n) is 4.97. The predicted molar refractivity (Wildman–Crippen MR) is 72.3 cm³/mol. The van der Waals surface area contributed by atoms with Gasteiger partial charge in [0.05, 0.1) is 0 Å². The van der Waals surface area contributed by atoms with Gasteiger partial charge in [-0.25, -0.2) is 8.78 Å². The van der Waals surface area contributed by atoms with Gasteiger partial charge >= 0.3 is 0 Å². The van der Waals surface area contributed by atoms with Crippen LogP contribution in [0.4, 0.5) is 8.78 Å². The molecule has 3 N–H and O–H groups in total. The van der Waals surface area contributed by atoms with Crippen LogP contribution in [0.1, 0.15) is 23.2 Å². The summed E-state index contributed by atoms with van der Waals surface area (Å²) in [5, 5.41) is 2.70. The minimum Gasteiger partial charge on any atom is -0.349 e. The molecule has 0 aliphatic carbocycles. The highest BCUT2D eigenvalue weighted by atomic mass is 19.1. The number of carbonyl (C=O) groups excluding carboxylic acids is 1. The van der Waals surface area contributed by atoms with Gasteiger partial charge in [-0.3, -0.25) is 4.79 Å². The second kappa shape index (κ2) is 6.76. The molecule has 1 aliphatic heterocycles. The molecular formula is C14H19F2N3O. The number of benzene rings is 1. The van der Waals surface area contributed by atoms with Crippen molar-refractivity contribution >= 4 is 5.91 Å². The maximum Gasteiger partial charge on any atom is 0.257 e. The number of piperidine rings is 1. The van der Waals surface area contributed by atoms with Crippen molar-refractivity contribution in [2.45, 2.75) is 18.9 Å². The lowest BCUT2D eigenvalue weighted by Gasteiger charge is -2.32. The van der Waals surface area contributed by atoms with Gasteiger partial charge in [-0.05, 0) is 25.0 Å². The number of amides is 1. The fraction of sp³-hybridized carbons (Fsp3) is 0.500. The molecule has 0 spiro atoms. The lowest BCUT2D eigenvalue weighted by Crippen LogP contribution is -2.46. The Kier molecular flexibility index (Phi) is 5.03. The molecule has 0 bridgehead atoms. The highest BCUT2D eigenvalue weighted by Crippen LogP contribution is 2.14. The standard InChI is InChI=1S/C14H19F2N3O/c15-11-2-1-3-12(16)13(11)14(20)18-10-4-7-19(8-5-10)9-6-17/h1-3,10H,4-9,17H2,(H,18,20). The average molecular weight is 283 g/mol. The highest BCUT2D eigenvalue weighted by molar-refractivity contribution is 5.94. The van der Waals surface area contributed by atoms with Crippen LogP contribution in [0, 0.1) is 11.6 Å². The summed E-state index contributed by atoms with van der Waals surface area (Å²) in [6, 6.07) is 3.37. The van der Waals surface area contributed by atoms with Crippen molar-refractivity contribution in [1.82, 2.24) is 10.2 Å². The van der Waals surface area contributed by atoms with E-state index in [-0.39, 0.29) is 6.04 Å². The maximum atomic E-state index is 13.5. The number of halogens is 2. The number of hydrogen-bond acceptors (Lipinski definition) is 3. The fourth-order valence-corrected chi connectivity index (χ4v) is 2.46. The number of hydrogen-bond donors (Lipinski definition) is 2. The minimum atomic E-state index is -0.830. The van der Waals surface area contributed by atoms with Crippen LogP contribution in [0.25, 0.3) is 0 Å². The summed E-state index contributed by atoms with van der Waals surface area (Å²) >= 11 is 0. The number of carbonyl (C=O) groups is 1. The lowest BCUT2D eigenvalue weighted by molar-refractivity contribution is 0.0903. The van der Waals surface area contributed by atoms with Crippen LogP contribution in [0.15, 0.2) is 18.2 Å². The number of likely N-dealkylation sites (tertiary alicyclic amines) is 1. The van der Waals surface area contributed by atoms with Crippen molar-refractivity contribution < 1.29 is 13.6 Å². The molecule has 20 heavy (non-hydrogen) atoms. The SMILES string of the molecule is NCCN1CCC(NC(=O)c2c(F)cccc2F)CC1. The lowest BCUT2D eigenvalue weighted by atomic mass is 10.0. The predicted octanol–water partition coefficient (Wildman–Crippen LogP) is 1.12. The number of nitrogens with two attached hydrogens (primary N) is 1. The number of nitrogens with zero attached hydrogens (tertiary/aromatic N) is 1. The van der Waals surface area contributed by atoms with Gasteiger partial charge in [0, 0.05) is 32.2 Å². The first kappa shape index (κ1) is 14.9. The maximum absolute atomic E-state index is 13.5. The van der Waals surface area contributed by atoms with Crippen molar-refractivity contribution in [2.75, 3.05) is 26.2 Å². The molecule has 4 nitrogen and oxygen atoms in total. The molecule has 0 unspecified atom stereocenters. The van der Waals surface area contributed by atoms with Crippen LogP contribution in [-0.2, 0) is 0 Å². The molecule has 6 heteroatoms. The highest BCUT2D eigenvalue weighted by Gasteiger charge is 2.23. The van der Waals surface area contributed by atoms with Gasteiger partial charge in [0.25, 0.3) is 5.91 Å². The third-order valence-electron chi connectivity index (χ3n) is 3.56. The van der Waals surface area contributed by atoms with Crippen molar-refractivity contribution in [3.8, 4) is 0 Å². The zero-order valence-corrected chi connectivity index (χ0v) is 11.2. The smallest absolute Gasteiger partial charge is 0.257 e.